The smallest absolute Gasteiger partial charge is 0.246 e. The number of anilines is 1. The molecule has 0 atom stereocenters. The zero-order chi connectivity index (χ0) is 19.0. The zero-order valence-corrected chi connectivity index (χ0v) is 16.3. The lowest BCUT2D eigenvalue weighted by Crippen LogP contribution is -2.20. The van der Waals surface area contributed by atoms with Crippen molar-refractivity contribution in [2.45, 2.75) is 27.3 Å². The standard InChI is InChI=1S/C21H20N4OS/c1-13-4-9-18-19(10-13)27-21(23-18)16-5-7-17(8-6-16)22-20(26)12-25-15(3)11-14(2)24-25/h4-11H,12H2,1-3H3,(H,22,26). The third-order valence-electron chi connectivity index (χ3n) is 4.36. The minimum atomic E-state index is -0.0931. The Labute approximate surface area is 161 Å². The van der Waals surface area contributed by atoms with Crippen molar-refractivity contribution in [3.63, 3.8) is 0 Å². The molecule has 6 heteroatoms. The van der Waals surface area contributed by atoms with Crippen molar-refractivity contribution >= 4 is 33.1 Å². The minimum absolute atomic E-state index is 0.0931. The number of carbonyl (C=O) groups excluding carboxylic acids is 1. The number of aryl methyl sites for hydroxylation is 3. The van der Waals surface area contributed by atoms with Crippen molar-refractivity contribution in [2.24, 2.45) is 0 Å². The molecule has 27 heavy (non-hydrogen) atoms. The van der Waals surface area contributed by atoms with E-state index in [2.05, 4.69) is 35.5 Å². The van der Waals surface area contributed by atoms with Crippen LogP contribution in [-0.2, 0) is 11.3 Å². The first-order chi connectivity index (χ1) is 13.0. The highest BCUT2D eigenvalue weighted by Gasteiger charge is 2.09. The van der Waals surface area contributed by atoms with Crippen molar-refractivity contribution in [3.8, 4) is 10.6 Å². The fraction of sp³-hybridized carbons (Fsp3) is 0.190. The number of amides is 1. The van der Waals surface area contributed by atoms with E-state index in [4.69, 9.17) is 4.98 Å². The van der Waals surface area contributed by atoms with Crippen LogP contribution in [0, 0.1) is 20.8 Å². The van der Waals surface area contributed by atoms with Gasteiger partial charge in [0, 0.05) is 16.9 Å². The van der Waals surface area contributed by atoms with E-state index in [1.165, 1.54) is 10.3 Å². The Morgan fingerprint density at radius 2 is 1.85 bits per heavy atom. The highest BCUT2D eigenvalue weighted by atomic mass is 32.1. The molecule has 0 saturated heterocycles. The van der Waals surface area contributed by atoms with Crippen LogP contribution in [0.1, 0.15) is 17.0 Å². The Morgan fingerprint density at radius 3 is 2.56 bits per heavy atom. The first kappa shape index (κ1) is 17.4. The van der Waals surface area contributed by atoms with Crippen LogP contribution in [0.2, 0.25) is 0 Å². The normalized spacial score (nSPS) is 11.1. The quantitative estimate of drug-likeness (QED) is 0.560. The maximum absolute atomic E-state index is 12.3. The Hall–Kier alpha value is -2.99. The van der Waals surface area contributed by atoms with Crippen molar-refractivity contribution < 1.29 is 4.79 Å². The highest BCUT2D eigenvalue weighted by Crippen LogP contribution is 2.31. The van der Waals surface area contributed by atoms with E-state index in [9.17, 15) is 4.79 Å². The van der Waals surface area contributed by atoms with E-state index < -0.39 is 0 Å². The third kappa shape index (κ3) is 3.75. The summed E-state index contributed by atoms with van der Waals surface area (Å²) >= 11 is 1.68. The summed E-state index contributed by atoms with van der Waals surface area (Å²) in [5.41, 5.74) is 5.95. The number of nitrogens with one attached hydrogen (secondary N) is 1. The second-order valence-corrected chi connectivity index (χ2v) is 7.73. The number of thiazole rings is 1. The molecule has 0 fully saturated rings. The summed E-state index contributed by atoms with van der Waals surface area (Å²) in [5, 5.41) is 8.23. The van der Waals surface area contributed by atoms with Gasteiger partial charge in [-0.25, -0.2) is 4.98 Å². The van der Waals surface area contributed by atoms with Crippen LogP contribution in [0.25, 0.3) is 20.8 Å². The van der Waals surface area contributed by atoms with E-state index in [1.54, 1.807) is 16.0 Å². The zero-order valence-electron chi connectivity index (χ0n) is 15.5. The molecule has 2 aromatic carbocycles. The predicted octanol–water partition coefficient (Wildman–Crippen LogP) is 4.72. The van der Waals surface area contributed by atoms with Gasteiger partial charge in [-0.2, -0.15) is 5.10 Å². The van der Waals surface area contributed by atoms with Gasteiger partial charge in [0.2, 0.25) is 5.91 Å². The maximum atomic E-state index is 12.3. The minimum Gasteiger partial charge on any atom is -0.324 e. The van der Waals surface area contributed by atoms with E-state index in [1.807, 2.05) is 44.2 Å². The molecule has 5 nitrogen and oxygen atoms in total. The molecule has 0 bridgehead atoms. The third-order valence-corrected chi connectivity index (χ3v) is 5.42. The number of benzene rings is 2. The lowest BCUT2D eigenvalue weighted by Gasteiger charge is -2.07. The van der Waals surface area contributed by atoms with Crippen molar-refractivity contribution in [1.82, 2.24) is 14.8 Å². The first-order valence-electron chi connectivity index (χ1n) is 8.76. The molecule has 2 heterocycles. The van der Waals surface area contributed by atoms with Gasteiger partial charge in [-0.1, -0.05) is 6.07 Å². The molecule has 1 N–H and O–H groups in total. The highest BCUT2D eigenvalue weighted by molar-refractivity contribution is 7.21. The number of carbonyl (C=O) groups is 1. The Morgan fingerprint density at radius 1 is 1.07 bits per heavy atom. The van der Waals surface area contributed by atoms with Gasteiger partial charge < -0.3 is 5.32 Å². The maximum Gasteiger partial charge on any atom is 0.246 e. The van der Waals surface area contributed by atoms with Gasteiger partial charge in [0.25, 0.3) is 0 Å². The molecule has 1 amide bonds. The molecule has 0 radical (unpaired) electrons. The number of nitrogens with zero attached hydrogens (tertiary/aromatic N) is 3. The lowest BCUT2D eigenvalue weighted by atomic mass is 10.2. The topological polar surface area (TPSA) is 59.8 Å². The van der Waals surface area contributed by atoms with Crippen molar-refractivity contribution in [3.05, 3.63) is 65.5 Å². The van der Waals surface area contributed by atoms with Crippen molar-refractivity contribution in [1.29, 1.82) is 0 Å². The van der Waals surface area contributed by atoms with Crippen LogP contribution in [-0.4, -0.2) is 20.7 Å². The molecule has 0 spiro atoms. The molecule has 0 aliphatic rings. The van der Waals surface area contributed by atoms with Gasteiger partial charge in [0.05, 0.1) is 15.9 Å². The monoisotopic (exact) mass is 376 g/mol. The Balaban J connectivity index is 1.48. The number of hydrogen-bond acceptors (Lipinski definition) is 4. The summed E-state index contributed by atoms with van der Waals surface area (Å²) in [4.78, 5) is 17.0. The fourth-order valence-corrected chi connectivity index (χ4v) is 4.09. The average molecular weight is 376 g/mol. The predicted molar refractivity (Wildman–Crippen MR) is 110 cm³/mol. The van der Waals surface area contributed by atoms with Crippen LogP contribution in [0.5, 0.6) is 0 Å². The molecule has 2 aromatic heterocycles. The Kier molecular flexibility index (Phi) is 4.49. The van der Waals surface area contributed by atoms with E-state index in [-0.39, 0.29) is 12.5 Å². The van der Waals surface area contributed by atoms with Crippen LogP contribution in [0.3, 0.4) is 0 Å². The lowest BCUT2D eigenvalue weighted by molar-refractivity contribution is -0.116. The summed E-state index contributed by atoms with van der Waals surface area (Å²) in [6, 6.07) is 16.0. The molecule has 0 saturated carbocycles. The second kappa shape index (κ2) is 6.96. The van der Waals surface area contributed by atoms with E-state index in [0.717, 1.165) is 33.2 Å². The molecular formula is C21H20N4OS. The van der Waals surface area contributed by atoms with Gasteiger partial charge in [0.1, 0.15) is 11.6 Å². The molecule has 0 aliphatic carbocycles. The average Bonchev–Trinajstić information content (AvgIpc) is 3.17. The largest absolute Gasteiger partial charge is 0.324 e. The summed E-state index contributed by atoms with van der Waals surface area (Å²) in [5.74, 6) is -0.0931. The molecule has 0 aliphatic heterocycles. The second-order valence-electron chi connectivity index (χ2n) is 6.70. The van der Waals surface area contributed by atoms with Crippen LogP contribution in [0.4, 0.5) is 5.69 Å². The van der Waals surface area contributed by atoms with Gasteiger partial charge >= 0.3 is 0 Å². The molecule has 136 valence electrons. The SMILES string of the molecule is Cc1ccc2nc(-c3ccc(NC(=O)Cn4nc(C)cc4C)cc3)sc2c1. The molecule has 0 unspecified atom stereocenters. The van der Waals surface area contributed by atoms with Gasteiger partial charge in [0.15, 0.2) is 0 Å². The number of aromatic nitrogens is 3. The molecular weight excluding hydrogens is 356 g/mol. The van der Waals surface area contributed by atoms with E-state index >= 15 is 0 Å². The van der Waals surface area contributed by atoms with Gasteiger partial charge in [-0.05, 0) is 68.8 Å². The summed E-state index contributed by atoms with van der Waals surface area (Å²) < 4.78 is 2.90. The number of hydrogen-bond donors (Lipinski definition) is 1. The molecule has 4 rings (SSSR count). The summed E-state index contributed by atoms with van der Waals surface area (Å²) in [6.45, 7) is 6.16. The van der Waals surface area contributed by atoms with Crippen LogP contribution in [0.15, 0.2) is 48.5 Å². The van der Waals surface area contributed by atoms with Crippen LogP contribution < -0.4 is 5.32 Å². The molecule has 4 aromatic rings. The first-order valence-corrected chi connectivity index (χ1v) is 9.58. The number of rotatable bonds is 4. The van der Waals surface area contributed by atoms with Crippen LogP contribution >= 0.6 is 11.3 Å². The van der Waals surface area contributed by atoms with Gasteiger partial charge in [-0.15, -0.1) is 11.3 Å². The Bertz CT molecular complexity index is 1130. The fourth-order valence-electron chi connectivity index (χ4n) is 3.02. The van der Waals surface area contributed by atoms with Crippen molar-refractivity contribution in [2.75, 3.05) is 5.32 Å². The number of fused-ring (bicyclic) bond motifs is 1. The van der Waals surface area contributed by atoms with Gasteiger partial charge in [-0.3, -0.25) is 9.48 Å². The summed E-state index contributed by atoms with van der Waals surface area (Å²) in [6.07, 6.45) is 0. The van der Waals surface area contributed by atoms with E-state index in [0.29, 0.717) is 0 Å². The summed E-state index contributed by atoms with van der Waals surface area (Å²) in [7, 11) is 0.